The molecular formula is C25H27N3O5. The van der Waals surface area contributed by atoms with E-state index in [2.05, 4.69) is 0 Å². The van der Waals surface area contributed by atoms with E-state index in [1.54, 1.807) is 34.1 Å². The van der Waals surface area contributed by atoms with Crippen LogP contribution >= 0.6 is 0 Å². The Morgan fingerprint density at radius 3 is 2.48 bits per heavy atom. The van der Waals surface area contributed by atoms with Gasteiger partial charge in [0.25, 0.3) is 5.91 Å². The third-order valence-corrected chi connectivity index (χ3v) is 6.42. The fraction of sp³-hybridized carbons (Fsp3) is 0.360. The van der Waals surface area contributed by atoms with Gasteiger partial charge in [-0.3, -0.25) is 24.1 Å². The number of rotatable bonds is 7. The fourth-order valence-electron chi connectivity index (χ4n) is 4.60. The Labute approximate surface area is 192 Å². The number of para-hydroxylation sites is 1. The van der Waals surface area contributed by atoms with Crippen molar-refractivity contribution in [3.8, 4) is 0 Å². The standard InChI is InChI=1S/C25H27N3O5/c1-25-14-12-21(29)28(25)20-11-7-6-10-19(20)24(32)27(25)17-22(30)26(15-13-23(31)33-2)16-18-8-4-3-5-9-18/h3-11H,12-17H2,1-2H3. The maximum atomic E-state index is 13.5. The van der Waals surface area contributed by atoms with Gasteiger partial charge in [-0.25, -0.2) is 0 Å². The Morgan fingerprint density at radius 2 is 1.76 bits per heavy atom. The van der Waals surface area contributed by atoms with Crippen LogP contribution in [-0.4, -0.2) is 59.4 Å². The summed E-state index contributed by atoms with van der Waals surface area (Å²) >= 11 is 0. The molecule has 2 aromatic carbocycles. The van der Waals surface area contributed by atoms with Crippen molar-refractivity contribution in [2.75, 3.05) is 25.1 Å². The van der Waals surface area contributed by atoms with Gasteiger partial charge in [0.05, 0.1) is 24.8 Å². The maximum Gasteiger partial charge on any atom is 0.307 e. The minimum Gasteiger partial charge on any atom is -0.469 e. The first-order valence-electron chi connectivity index (χ1n) is 11.0. The number of methoxy groups -OCH3 is 1. The van der Waals surface area contributed by atoms with Crippen molar-refractivity contribution in [3.63, 3.8) is 0 Å². The summed E-state index contributed by atoms with van der Waals surface area (Å²) in [4.78, 5) is 56.1. The van der Waals surface area contributed by atoms with Crippen LogP contribution in [0, 0.1) is 0 Å². The predicted molar refractivity (Wildman–Crippen MR) is 121 cm³/mol. The zero-order chi connectivity index (χ0) is 23.6. The molecule has 1 atom stereocenters. The molecular weight excluding hydrogens is 422 g/mol. The van der Waals surface area contributed by atoms with Crippen molar-refractivity contribution >= 4 is 29.4 Å². The number of fused-ring (bicyclic) bond motifs is 3. The highest BCUT2D eigenvalue weighted by molar-refractivity contribution is 6.11. The number of nitrogens with zero attached hydrogens (tertiary/aromatic N) is 3. The first-order chi connectivity index (χ1) is 15.8. The molecule has 0 bridgehead atoms. The van der Waals surface area contributed by atoms with Gasteiger partial charge in [-0.2, -0.15) is 0 Å². The molecule has 0 spiro atoms. The summed E-state index contributed by atoms with van der Waals surface area (Å²) in [5.74, 6) is -1.05. The van der Waals surface area contributed by atoms with E-state index >= 15 is 0 Å². The molecule has 2 aliphatic heterocycles. The van der Waals surface area contributed by atoms with Gasteiger partial charge in [-0.1, -0.05) is 42.5 Å². The molecule has 1 fully saturated rings. The summed E-state index contributed by atoms with van der Waals surface area (Å²) in [6.07, 6.45) is 0.798. The van der Waals surface area contributed by atoms with Crippen LogP contribution in [0.4, 0.5) is 5.69 Å². The molecule has 0 radical (unpaired) electrons. The molecule has 172 valence electrons. The summed E-state index contributed by atoms with van der Waals surface area (Å²) in [5, 5.41) is 0. The van der Waals surface area contributed by atoms with E-state index in [-0.39, 0.29) is 37.2 Å². The third kappa shape index (κ3) is 4.20. The number of anilines is 1. The number of benzene rings is 2. The second-order valence-electron chi connectivity index (χ2n) is 8.48. The molecule has 3 amide bonds. The van der Waals surface area contributed by atoms with Crippen LogP contribution in [-0.2, 0) is 25.7 Å². The van der Waals surface area contributed by atoms with Crippen LogP contribution in [0.15, 0.2) is 54.6 Å². The largest absolute Gasteiger partial charge is 0.469 e. The topological polar surface area (TPSA) is 87.2 Å². The van der Waals surface area contributed by atoms with Crippen molar-refractivity contribution < 1.29 is 23.9 Å². The number of ether oxygens (including phenoxy) is 1. The van der Waals surface area contributed by atoms with Gasteiger partial charge >= 0.3 is 5.97 Å². The second-order valence-corrected chi connectivity index (χ2v) is 8.48. The fourth-order valence-corrected chi connectivity index (χ4v) is 4.60. The summed E-state index contributed by atoms with van der Waals surface area (Å²) in [5.41, 5.74) is 0.985. The third-order valence-electron chi connectivity index (χ3n) is 6.42. The smallest absolute Gasteiger partial charge is 0.307 e. The Balaban J connectivity index is 1.62. The number of amides is 3. The van der Waals surface area contributed by atoms with Gasteiger partial charge in [-0.15, -0.1) is 0 Å². The molecule has 2 aromatic rings. The van der Waals surface area contributed by atoms with Crippen LogP contribution in [0.1, 0.15) is 42.1 Å². The predicted octanol–water partition coefficient (Wildman–Crippen LogP) is 2.58. The zero-order valence-electron chi connectivity index (χ0n) is 18.8. The number of carbonyl (C=O) groups is 4. The molecule has 0 saturated carbocycles. The average Bonchev–Trinajstić information content (AvgIpc) is 3.14. The van der Waals surface area contributed by atoms with Crippen LogP contribution < -0.4 is 4.90 Å². The highest BCUT2D eigenvalue weighted by Crippen LogP contribution is 2.43. The van der Waals surface area contributed by atoms with E-state index in [0.29, 0.717) is 30.6 Å². The van der Waals surface area contributed by atoms with Gasteiger partial charge in [0.2, 0.25) is 11.8 Å². The Hall–Kier alpha value is -3.68. The monoisotopic (exact) mass is 449 g/mol. The highest BCUT2D eigenvalue weighted by Gasteiger charge is 2.53. The second kappa shape index (κ2) is 9.05. The Kier molecular flexibility index (Phi) is 6.18. The van der Waals surface area contributed by atoms with Crippen molar-refractivity contribution in [2.24, 2.45) is 0 Å². The lowest BCUT2D eigenvalue weighted by atomic mass is 9.98. The highest BCUT2D eigenvalue weighted by atomic mass is 16.5. The molecule has 1 unspecified atom stereocenters. The molecule has 0 N–H and O–H groups in total. The molecule has 0 aromatic heterocycles. The minimum absolute atomic E-state index is 0.0493. The van der Waals surface area contributed by atoms with E-state index < -0.39 is 11.6 Å². The molecule has 8 nitrogen and oxygen atoms in total. The van der Waals surface area contributed by atoms with Crippen molar-refractivity contribution in [2.45, 2.75) is 38.4 Å². The molecule has 0 aliphatic carbocycles. The van der Waals surface area contributed by atoms with Crippen molar-refractivity contribution in [3.05, 3.63) is 65.7 Å². The summed E-state index contributed by atoms with van der Waals surface area (Å²) in [7, 11) is 1.31. The summed E-state index contributed by atoms with van der Waals surface area (Å²) < 4.78 is 4.74. The van der Waals surface area contributed by atoms with Crippen LogP contribution in [0.3, 0.4) is 0 Å². The van der Waals surface area contributed by atoms with Crippen molar-refractivity contribution in [1.29, 1.82) is 0 Å². The van der Waals surface area contributed by atoms with Crippen LogP contribution in [0.25, 0.3) is 0 Å². The number of esters is 1. The van der Waals surface area contributed by atoms with E-state index in [9.17, 15) is 19.2 Å². The van der Waals surface area contributed by atoms with E-state index in [1.165, 1.54) is 12.0 Å². The molecule has 2 aliphatic rings. The van der Waals surface area contributed by atoms with Gasteiger partial charge in [-0.05, 0) is 31.0 Å². The maximum absolute atomic E-state index is 13.5. The van der Waals surface area contributed by atoms with Gasteiger partial charge < -0.3 is 14.5 Å². The van der Waals surface area contributed by atoms with Crippen LogP contribution in [0.5, 0.6) is 0 Å². The lowest BCUT2D eigenvalue weighted by molar-refractivity contribution is -0.142. The quantitative estimate of drug-likeness (QED) is 0.607. The lowest BCUT2D eigenvalue weighted by Gasteiger charge is -2.48. The van der Waals surface area contributed by atoms with E-state index in [0.717, 1.165) is 5.56 Å². The molecule has 2 heterocycles. The number of carbonyl (C=O) groups excluding carboxylic acids is 4. The molecule has 1 saturated heterocycles. The van der Waals surface area contributed by atoms with Gasteiger partial charge in [0.1, 0.15) is 12.2 Å². The molecule has 8 heteroatoms. The summed E-state index contributed by atoms with van der Waals surface area (Å²) in [6.45, 7) is 2.10. The lowest BCUT2D eigenvalue weighted by Crippen LogP contribution is -2.64. The van der Waals surface area contributed by atoms with E-state index in [4.69, 9.17) is 4.74 Å². The SMILES string of the molecule is COC(=O)CCN(Cc1ccccc1)C(=O)CN1C(=O)c2ccccc2N2C(=O)CCC12C. The Morgan fingerprint density at radius 1 is 1.06 bits per heavy atom. The van der Waals surface area contributed by atoms with Gasteiger partial charge in [0.15, 0.2) is 0 Å². The number of hydrogen-bond acceptors (Lipinski definition) is 5. The van der Waals surface area contributed by atoms with Crippen LogP contribution in [0.2, 0.25) is 0 Å². The van der Waals surface area contributed by atoms with E-state index in [1.807, 2.05) is 37.3 Å². The molecule has 4 rings (SSSR count). The Bertz CT molecular complexity index is 1090. The first kappa shape index (κ1) is 22.5. The zero-order valence-corrected chi connectivity index (χ0v) is 18.8. The van der Waals surface area contributed by atoms with Crippen molar-refractivity contribution in [1.82, 2.24) is 9.80 Å². The average molecular weight is 450 g/mol. The van der Waals surface area contributed by atoms with Gasteiger partial charge in [0, 0.05) is 19.5 Å². The summed E-state index contributed by atoms with van der Waals surface area (Å²) in [6, 6.07) is 16.5. The first-order valence-corrected chi connectivity index (χ1v) is 11.0. The normalized spacial score (nSPS) is 19.2. The minimum atomic E-state index is -0.918. The molecule has 33 heavy (non-hydrogen) atoms. The number of hydrogen-bond donors (Lipinski definition) is 0.